The van der Waals surface area contributed by atoms with Gasteiger partial charge in [-0.1, -0.05) is 0 Å². The molecular formula is C14H16F6O3. The molecule has 3 nitrogen and oxygen atoms in total. The SMILES string of the molecule is O=C(OC1C2CC3CC(C2)CC1C3)C(O)(C(F)(F)F)C(F)(F)F. The summed E-state index contributed by atoms with van der Waals surface area (Å²) in [5, 5.41) is 9.08. The second-order valence-corrected chi connectivity index (χ2v) is 7.01. The summed E-state index contributed by atoms with van der Waals surface area (Å²) in [7, 11) is 0. The Bertz CT molecular complexity index is 456. The first kappa shape index (κ1) is 16.9. The molecule has 0 aromatic carbocycles. The van der Waals surface area contributed by atoms with Gasteiger partial charge in [0.1, 0.15) is 6.10 Å². The molecule has 4 aliphatic carbocycles. The topological polar surface area (TPSA) is 46.5 Å². The minimum absolute atomic E-state index is 0.207. The van der Waals surface area contributed by atoms with Crippen molar-refractivity contribution < 1.29 is 41.0 Å². The van der Waals surface area contributed by atoms with Crippen molar-refractivity contribution in [2.24, 2.45) is 23.7 Å². The fraction of sp³-hybridized carbons (Fsp3) is 0.929. The van der Waals surface area contributed by atoms with Gasteiger partial charge in [-0.25, -0.2) is 4.79 Å². The zero-order chi connectivity index (χ0) is 17.2. The van der Waals surface area contributed by atoms with Crippen LogP contribution in [0, 0.1) is 23.7 Å². The van der Waals surface area contributed by atoms with E-state index in [1.54, 1.807) is 0 Å². The summed E-state index contributed by atoms with van der Waals surface area (Å²) >= 11 is 0. The lowest BCUT2D eigenvalue weighted by Crippen LogP contribution is -2.64. The molecule has 0 aromatic heterocycles. The average Bonchev–Trinajstić information content (AvgIpc) is 2.38. The predicted octanol–water partition coefficient (Wildman–Crippen LogP) is 3.21. The lowest BCUT2D eigenvalue weighted by Gasteiger charge is -2.53. The molecule has 0 aromatic rings. The Kier molecular flexibility index (Phi) is 3.67. The molecule has 0 unspecified atom stereocenters. The highest BCUT2D eigenvalue weighted by Crippen LogP contribution is 2.55. The van der Waals surface area contributed by atoms with E-state index < -0.39 is 30.0 Å². The molecule has 0 atom stereocenters. The number of halogens is 6. The number of hydrogen-bond acceptors (Lipinski definition) is 3. The molecule has 132 valence electrons. The van der Waals surface area contributed by atoms with E-state index >= 15 is 0 Å². The van der Waals surface area contributed by atoms with Crippen molar-refractivity contribution in [3.8, 4) is 0 Å². The lowest BCUT2D eigenvalue weighted by atomic mass is 9.55. The monoisotopic (exact) mass is 346 g/mol. The number of hydrogen-bond donors (Lipinski definition) is 1. The van der Waals surface area contributed by atoms with Crippen LogP contribution in [0.4, 0.5) is 26.3 Å². The Labute approximate surface area is 128 Å². The maximum atomic E-state index is 12.7. The molecule has 1 N–H and O–H groups in total. The number of ether oxygens (including phenoxy) is 1. The van der Waals surface area contributed by atoms with Crippen molar-refractivity contribution >= 4 is 5.97 Å². The average molecular weight is 346 g/mol. The van der Waals surface area contributed by atoms with E-state index in [-0.39, 0.29) is 11.8 Å². The smallest absolute Gasteiger partial charge is 0.437 e. The number of esters is 1. The van der Waals surface area contributed by atoms with Gasteiger partial charge in [0.2, 0.25) is 0 Å². The molecule has 23 heavy (non-hydrogen) atoms. The Hall–Kier alpha value is -0.990. The zero-order valence-corrected chi connectivity index (χ0v) is 12.0. The summed E-state index contributed by atoms with van der Waals surface area (Å²) in [6, 6.07) is 0. The lowest BCUT2D eigenvalue weighted by molar-refractivity contribution is -0.359. The van der Waals surface area contributed by atoms with Crippen molar-refractivity contribution in [1.29, 1.82) is 0 Å². The van der Waals surface area contributed by atoms with E-state index in [4.69, 9.17) is 5.11 Å². The summed E-state index contributed by atoms with van der Waals surface area (Å²) in [6.45, 7) is 0. The Morgan fingerprint density at radius 1 is 0.826 bits per heavy atom. The third kappa shape index (κ3) is 2.51. The van der Waals surface area contributed by atoms with Crippen molar-refractivity contribution in [3.05, 3.63) is 0 Å². The number of rotatable bonds is 2. The van der Waals surface area contributed by atoms with Crippen LogP contribution in [-0.4, -0.2) is 35.1 Å². The minimum atomic E-state index is -6.19. The van der Waals surface area contributed by atoms with Gasteiger partial charge in [0.15, 0.2) is 0 Å². The van der Waals surface area contributed by atoms with E-state index in [0.717, 1.165) is 6.42 Å². The van der Waals surface area contributed by atoms with Gasteiger partial charge in [0, 0.05) is 0 Å². The molecule has 4 saturated carbocycles. The normalized spacial score (nSPS) is 37.1. The largest absolute Gasteiger partial charge is 0.459 e. The summed E-state index contributed by atoms with van der Waals surface area (Å²) in [5.41, 5.74) is -5.48. The second kappa shape index (κ2) is 5.00. The van der Waals surface area contributed by atoms with Crippen LogP contribution in [0.5, 0.6) is 0 Å². The highest BCUT2D eigenvalue weighted by Gasteiger charge is 2.77. The van der Waals surface area contributed by atoms with E-state index in [9.17, 15) is 31.1 Å². The second-order valence-electron chi connectivity index (χ2n) is 7.01. The summed E-state index contributed by atoms with van der Waals surface area (Å²) in [6.07, 6.45) is -9.69. The molecule has 0 aliphatic heterocycles. The Morgan fingerprint density at radius 3 is 1.57 bits per heavy atom. The van der Waals surface area contributed by atoms with Gasteiger partial charge in [0.05, 0.1) is 0 Å². The first-order valence-corrected chi connectivity index (χ1v) is 7.50. The van der Waals surface area contributed by atoms with Crippen LogP contribution in [0.15, 0.2) is 0 Å². The van der Waals surface area contributed by atoms with Gasteiger partial charge >= 0.3 is 23.9 Å². The van der Waals surface area contributed by atoms with Crippen LogP contribution in [0.3, 0.4) is 0 Å². The van der Waals surface area contributed by atoms with E-state index in [2.05, 4.69) is 4.74 Å². The van der Waals surface area contributed by atoms with Gasteiger partial charge in [-0.05, 0) is 55.8 Å². The number of aliphatic hydroxyl groups is 1. The van der Waals surface area contributed by atoms with Crippen molar-refractivity contribution in [2.75, 3.05) is 0 Å². The molecule has 4 bridgehead atoms. The minimum Gasteiger partial charge on any atom is -0.459 e. The van der Waals surface area contributed by atoms with Crippen LogP contribution in [0.1, 0.15) is 32.1 Å². The zero-order valence-electron chi connectivity index (χ0n) is 12.0. The maximum absolute atomic E-state index is 12.7. The summed E-state index contributed by atoms with van der Waals surface area (Å²) in [4.78, 5) is 11.6. The molecule has 4 rings (SSSR count). The quantitative estimate of drug-likeness (QED) is 0.617. The highest BCUT2D eigenvalue weighted by atomic mass is 19.4. The van der Waals surface area contributed by atoms with Gasteiger partial charge in [-0.2, -0.15) is 26.3 Å². The third-order valence-electron chi connectivity index (χ3n) is 5.50. The Morgan fingerprint density at radius 2 is 1.22 bits per heavy atom. The maximum Gasteiger partial charge on any atom is 0.437 e. The van der Waals surface area contributed by atoms with E-state index in [1.165, 1.54) is 0 Å². The van der Waals surface area contributed by atoms with Crippen LogP contribution in [0.25, 0.3) is 0 Å². The fourth-order valence-electron chi connectivity index (χ4n) is 4.67. The van der Waals surface area contributed by atoms with Gasteiger partial charge < -0.3 is 9.84 Å². The molecule has 0 radical (unpaired) electrons. The number of carbonyl (C=O) groups excluding carboxylic acids is 1. The number of alkyl halides is 6. The van der Waals surface area contributed by atoms with Gasteiger partial charge in [0.25, 0.3) is 0 Å². The molecule has 4 fully saturated rings. The van der Waals surface area contributed by atoms with Crippen LogP contribution < -0.4 is 0 Å². The molecular weight excluding hydrogens is 330 g/mol. The summed E-state index contributed by atoms with van der Waals surface area (Å²) in [5.74, 6) is -2.25. The third-order valence-corrected chi connectivity index (χ3v) is 5.50. The molecule has 4 aliphatic rings. The van der Waals surface area contributed by atoms with Crippen molar-refractivity contribution in [1.82, 2.24) is 0 Å². The Balaban J connectivity index is 1.80. The molecule has 0 spiro atoms. The molecule has 0 saturated heterocycles. The van der Waals surface area contributed by atoms with E-state index in [1.807, 2.05) is 0 Å². The summed E-state index contributed by atoms with van der Waals surface area (Å²) < 4.78 is 80.8. The first-order chi connectivity index (χ1) is 10.4. The van der Waals surface area contributed by atoms with Crippen molar-refractivity contribution in [3.63, 3.8) is 0 Å². The molecule has 0 amide bonds. The fourth-order valence-corrected chi connectivity index (χ4v) is 4.67. The highest BCUT2D eigenvalue weighted by molar-refractivity contribution is 5.81. The predicted molar refractivity (Wildman–Crippen MR) is 64.0 cm³/mol. The standard InChI is InChI=1S/C14H16F6O3/c15-13(16,17)12(22,14(18,19)20)11(21)23-10-8-2-6-1-7(4-8)5-9(10)3-6/h6-10,22H,1-5H2. The van der Waals surface area contributed by atoms with Gasteiger partial charge in [-0.3, -0.25) is 0 Å². The van der Waals surface area contributed by atoms with Crippen LogP contribution >= 0.6 is 0 Å². The van der Waals surface area contributed by atoms with Crippen LogP contribution in [0.2, 0.25) is 0 Å². The van der Waals surface area contributed by atoms with Crippen LogP contribution in [-0.2, 0) is 9.53 Å². The first-order valence-electron chi connectivity index (χ1n) is 7.50. The van der Waals surface area contributed by atoms with E-state index in [0.29, 0.717) is 37.5 Å². The van der Waals surface area contributed by atoms with Crippen molar-refractivity contribution in [2.45, 2.75) is 56.2 Å². The molecule has 9 heteroatoms. The van der Waals surface area contributed by atoms with Gasteiger partial charge in [-0.15, -0.1) is 0 Å². The molecule has 0 heterocycles. The number of carbonyl (C=O) groups is 1.